The molecule has 8 heteroatoms. The number of thiocarbonyl (C=S) groups is 1. The van der Waals surface area contributed by atoms with E-state index in [2.05, 4.69) is 4.98 Å². The fraction of sp³-hybridized carbons (Fsp3) is 0.263. The average Bonchev–Trinajstić information content (AvgIpc) is 2.81. The summed E-state index contributed by atoms with van der Waals surface area (Å²) in [5.41, 5.74) is 0.760. The molecule has 0 spiro atoms. The molecule has 0 unspecified atom stereocenters. The van der Waals surface area contributed by atoms with Gasteiger partial charge in [0.1, 0.15) is 11.6 Å². The zero-order valence-corrected chi connectivity index (χ0v) is 16.9. The lowest BCUT2D eigenvalue weighted by atomic mass is 10.0. The van der Waals surface area contributed by atoms with Crippen molar-refractivity contribution in [2.24, 2.45) is 0 Å². The normalized spacial score (nSPS) is 16.0. The number of rotatable bonds is 3. The maximum atomic E-state index is 15.1. The monoisotopic (exact) mass is 400 g/mol. The van der Waals surface area contributed by atoms with Gasteiger partial charge < -0.3 is 4.90 Å². The lowest BCUT2D eigenvalue weighted by Gasteiger charge is -2.29. The number of aromatic nitrogens is 1. The molecule has 3 rings (SSSR count). The van der Waals surface area contributed by atoms with Crippen LogP contribution in [0.4, 0.5) is 15.8 Å². The predicted molar refractivity (Wildman–Crippen MR) is 109 cm³/mol. The van der Waals surface area contributed by atoms with Crippen LogP contribution in [-0.4, -0.2) is 27.8 Å². The molecule has 1 aliphatic rings. The van der Waals surface area contributed by atoms with Crippen molar-refractivity contribution in [2.45, 2.75) is 31.2 Å². The number of hydrogen-bond donors (Lipinski definition) is 0. The number of nitriles is 1. The molecule has 5 nitrogen and oxygen atoms in total. The van der Waals surface area contributed by atoms with Crippen molar-refractivity contribution < 1.29 is 9.18 Å². The molecule has 0 N–H and O–H groups in total. The molecule has 0 saturated carbocycles. The van der Waals surface area contributed by atoms with Crippen molar-refractivity contribution >= 4 is 46.4 Å². The van der Waals surface area contributed by atoms with Crippen molar-refractivity contribution in [3.63, 3.8) is 0 Å². The highest BCUT2D eigenvalue weighted by Crippen LogP contribution is 2.39. The Morgan fingerprint density at radius 3 is 2.56 bits per heavy atom. The summed E-state index contributed by atoms with van der Waals surface area (Å²) in [6.07, 6.45) is 3.32. The number of aryl methyl sites for hydroxylation is 1. The molecule has 2 aromatic rings. The molecular formula is C19H17FN4OS2. The SMILES string of the molecule is CSc1c(C#N)ccc(N2C(=O)C(C)(C)N(c3ccc(C)nc3)C2=S)c1F. The highest BCUT2D eigenvalue weighted by molar-refractivity contribution is 7.98. The van der Waals surface area contributed by atoms with Gasteiger partial charge in [-0.25, -0.2) is 4.39 Å². The summed E-state index contributed by atoms with van der Waals surface area (Å²) >= 11 is 6.67. The molecule has 1 aromatic carbocycles. The van der Waals surface area contributed by atoms with Crippen LogP contribution in [0.25, 0.3) is 0 Å². The number of nitrogens with zero attached hydrogens (tertiary/aromatic N) is 4. The molecule has 1 amide bonds. The van der Waals surface area contributed by atoms with E-state index in [0.29, 0.717) is 5.69 Å². The minimum Gasteiger partial charge on any atom is -0.302 e. The minimum atomic E-state index is -1.01. The van der Waals surface area contributed by atoms with Crippen LogP contribution in [0.15, 0.2) is 35.4 Å². The number of halogens is 1. The van der Waals surface area contributed by atoms with Gasteiger partial charge in [-0.05, 0) is 63.5 Å². The Hall–Kier alpha value is -2.50. The smallest absolute Gasteiger partial charge is 0.259 e. The summed E-state index contributed by atoms with van der Waals surface area (Å²) in [5, 5.41) is 9.35. The van der Waals surface area contributed by atoms with Crippen molar-refractivity contribution in [1.82, 2.24) is 4.98 Å². The molecular weight excluding hydrogens is 383 g/mol. The van der Waals surface area contributed by atoms with Crippen LogP contribution in [-0.2, 0) is 4.79 Å². The quantitative estimate of drug-likeness (QED) is 0.572. The number of hydrogen-bond acceptors (Lipinski definition) is 5. The third-order valence-corrected chi connectivity index (χ3v) is 5.64. The molecule has 0 radical (unpaired) electrons. The second-order valence-electron chi connectivity index (χ2n) is 6.57. The second kappa shape index (κ2) is 6.91. The van der Waals surface area contributed by atoms with Crippen LogP contribution < -0.4 is 9.80 Å². The highest BCUT2D eigenvalue weighted by Gasteiger charge is 2.51. The Bertz CT molecular complexity index is 982. The highest BCUT2D eigenvalue weighted by atomic mass is 32.2. The van der Waals surface area contributed by atoms with Gasteiger partial charge in [0.2, 0.25) is 0 Å². The molecule has 2 heterocycles. The van der Waals surface area contributed by atoms with Crippen LogP contribution in [0.5, 0.6) is 0 Å². The lowest BCUT2D eigenvalue weighted by molar-refractivity contribution is -0.120. The van der Waals surface area contributed by atoms with Crippen molar-refractivity contribution in [3.8, 4) is 6.07 Å². The van der Waals surface area contributed by atoms with Gasteiger partial charge in [0.25, 0.3) is 5.91 Å². The van der Waals surface area contributed by atoms with Gasteiger partial charge in [0, 0.05) is 5.69 Å². The van der Waals surface area contributed by atoms with Gasteiger partial charge in [0.15, 0.2) is 10.9 Å². The van der Waals surface area contributed by atoms with Gasteiger partial charge in [0.05, 0.1) is 28.0 Å². The molecule has 1 aromatic heterocycles. The zero-order valence-electron chi connectivity index (χ0n) is 15.3. The maximum Gasteiger partial charge on any atom is 0.259 e. The summed E-state index contributed by atoms with van der Waals surface area (Å²) in [7, 11) is 0. The first-order chi connectivity index (χ1) is 12.7. The number of carbonyl (C=O) groups is 1. The van der Waals surface area contributed by atoms with E-state index in [4.69, 9.17) is 12.2 Å². The average molecular weight is 401 g/mol. The van der Waals surface area contributed by atoms with E-state index in [1.165, 1.54) is 17.0 Å². The van der Waals surface area contributed by atoms with E-state index in [0.717, 1.165) is 17.5 Å². The third kappa shape index (κ3) is 2.97. The fourth-order valence-electron chi connectivity index (χ4n) is 3.04. The van der Waals surface area contributed by atoms with Crippen molar-refractivity contribution in [2.75, 3.05) is 16.1 Å². The third-order valence-electron chi connectivity index (χ3n) is 4.46. The van der Waals surface area contributed by atoms with E-state index in [-0.39, 0.29) is 27.2 Å². The minimum absolute atomic E-state index is 0.0454. The second-order valence-corrected chi connectivity index (χ2v) is 7.75. The van der Waals surface area contributed by atoms with Gasteiger partial charge >= 0.3 is 0 Å². The Morgan fingerprint density at radius 1 is 1.30 bits per heavy atom. The molecule has 0 aliphatic carbocycles. The number of amides is 1. The van der Waals surface area contributed by atoms with Gasteiger partial charge in [-0.3, -0.25) is 14.7 Å². The topological polar surface area (TPSA) is 60.2 Å². The molecule has 27 heavy (non-hydrogen) atoms. The summed E-state index contributed by atoms with van der Waals surface area (Å²) in [4.78, 5) is 20.5. The first kappa shape index (κ1) is 19.3. The Morgan fingerprint density at radius 2 is 2.00 bits per heavy atom. The Labute approximate surface area is 166 Å². The van der Waals surface area contributed by atoms with E-state index in [9.17, 15) is 10.1 Å². The Balaban J connectivity index is 2.13. The Kier molecular flexibility index (Phi) is 4.93. The van der Waals surface area contributed by atoms with Gasteiger partial charge in [-0.15, -0.1) is 11.8 Å². The van der Waals surface area contributed by atoms with Crippen LogP contribution in [0.1, 0.15) is 25.1 Å². The summed E-state index contributed by atoms with van der Waals surface area (Å²) in [6.45, 7) is 5.34. The van der Waals surface area contributed by atoms with Crippen LogP contribution in [0, 0.1) is 24.1 Å². The van der Waals surface area contributed by atoms with Crippen LogP contribution in [0.3, 0.4) is 0 Å². The van der Waals surface area contributed by atoms with Crippen LogP contribution >= 0.6 is 24.0 Å². The number of thioether (sulfide) groups is 1. The van der Waals surface area contributed by atoms with E-state index in [1.54, 1.807) is 31.2 Å². The molecule has 138 valence electrons. The maximum absolute atomic E-state index is 15.1. The zero-order chi connectivity index (χ0) is 19.9. The molecule has 0 bridgehead atoms. The standard InChI is InChI=1S/C19H17FN4OS2/c1-11-5-7-13(10-22-11)24-18(26)23(17(25)19(24,2)3)14-8-6-12(9-21)16(27-4)15(14)20/h5-8,10H,1-4H3. The predicted octanol–water partition coefficient (Wildman–Crippen LogP) is 4.04. The first-order valence-corrected chi connectivity index (χ1v) is 9.75. The van der Waals surface area contributed by atoms with Crippen molar-refractivity contribution in [1.29, 1.82) is 5.26 Å². The summed E-state index contributed by atoms with van der Waals surface area (Å²) in [5.74, 6) is -0.972. The van der Waals surface area contributed by atoms with E-state index in [1.807, 2.05) is 25.1 Å². The largest absolute Gasteiger partial charge is 0.302 e. The number of pyridine rings is 1. The number of carbonyl (C=O) groups excluding carboxylic acids is 1. The van der Waals surface area contributed by atoms with Crippen molar-refractivity contribution in [3.05, 3.63) is 47.5 Å². The number of anilines is 2. The molecule has 1 fully saturated rings. The van der Waals surface area contributed by atoms with E-state index >= 15 is 4.39 Å². The first-order valence-electron chi connectivity index (χ1n) is 8.12. The van der Waals surface area contributed by atoms with Crippen LogP contribution in [0.2, 0.25) is 0 Å². The fourth-order valence-corrected chi connectivity index (χ4v) is 4.17. The molecule has 1 aliphatic heterocycles. The van der Waals surface area contributed by atoms with Gasteiger partial charge in [-0.2, -0.15) is 5.26 Å². The van der Waals surface area contributed by atoms with E-state index < -0.39 is 11.4 Å². The summed E-state index contributed by atoms with van der Waals surface area (Å²) < 4.78 is 15.1. The number of benzene rings is 1. The molecule has 0 atom stereocenters. The summed E-state index contributed by atoms with van der Waals surface area (Å²) in [6, 6.07) is 8.55. The van der Waals surface area contributed by atoms with Gasteiger partial charge in [-0.1, -0.05) is 0 Å². The lowest BCUT2D eigenvalue weighted by Crippen LogP contribution is -2.44. The molecule has 1 saturated heterocycles.